The summed E-state index contributed by atoms with van der Waals surface area (Å²) in [6.07, 6.45) is 5.73. The van der Waals surface area contributed by atoms with Gasteiger partial charge in [-0.15, -0.1) is 24.8 Å². The second-order valence-electron chi connectivity index (χ2n) is 6.16. The zero-order valence-corrected chi connectivity index (χ0v) is 14.4. The van der Waals surface area contributed by atoms with Gasteiger partial charge in [-0.25, -0.2) is 4.98 Å². The number of rotatable bonds is 4. The minimum Gasteiger partial charge on any atom is -0.338 e. The average Bonchev–Trinajstić information content (AvgIpc) is 3.12. The molecule has 5 nitrogen and oxygen atoms in total. The smallest absolute Gasteiger partial charge is 0.319 e. The third-order valence-corrected chi connectivity index (χ3v) is 4.98. The first-order valence-corrected chi connectivity index (χ1v) is 7.29. The molecule has 3 rings (SSSR count). The third-order valence-electron chi connectivity index (χ3n) is 4.98. The van der Waals surface area contributed by atoms with Crippen molar-refractivity contribution in [2.75, 3.05) is 7.05 Å². The van der Waals surface area contributed by atoms with Gasteiger partial charge >= 0.3 is 6.55 Å². The number of hydrogen-bond donors (Lipinski definition) is 1. The molecule has 2 saturated carbocycles. The Kier molecular flexibility index (Phi) is 6.80. The van der Waals surface area contributed by atoms with Crippen LogP contribution >= 0.6 is 24.8 Å². The van der Waals surface area contributed by atoms with E-state index in [1.165, 1.54) is 17.3 Å². The van der Waals surface area contributed by atoms with Crippen molar-refractivity contribution in [3.8, 4) is 0 Å². The van der Waals surface area contributed by atoms with E-state index in [1.54, 1.807) is 7.05 Å². The number of aromatic nitrogens is 2. The second-order valence-corrected chi connectivity index (χ2v) is 6.16. The van der Waals surface area contributed by atoms with Gasteiger partial charge in [0.1, 0.15) is 5.82 Å². The van der Waals surface area contributed by atoms with Gasteiger partial charge in [0.2, 0.25) is 5.91 Å². The van der Waals surface area contributed by atoms with Crippen LogP contribution in [0.2, 0.25) is 0 Å². The molecule has 4 unspecified atom stereocenters. The molecular weight excluding hydrogens is 349 g/mol. The monoisotopic (exact) mass is 370 g/mol. The first-order chi connectivity index (χ1) is 9.99. The summed E-state index contributed by atoms with van der Waals surface area (Å²) in [4.78, 5) is 18.0. The molecular formula is C14H22Cl2F2N4O. The summed E-state index contributed by atoms with van der Waals surface area (Å²) in [6.45, 7) is -2.56. The first-order valence-electron chi connectivity index (χ1n) is 7.29. The van der Waals surface area contributed by atoms with Gasteiger partial charge in [-0.05, 0) is 31.1 Å². The van der Waals surface area contributed by atoms with Crippen LogP contribution in [0.15, 0.2) is 12.4 Å². The number of nitrogens with two attached hydrogens (primary N) is 1. The Hall–Kier alpha value is -0.920. The van der Waals surface area contributed by atoms with E-state index in [0.29, 0.717) is 11.8 Å². The van der Waals surface area contributed by atoms with Crippen molar-refractivity contribution in [2.45, 2.75) is 38.4 Å². The van der Waals surface area contributed by atoms with E-state index < -0.39 is 6.55 Å². The van der Waals surface area contributed by atoms with Crippen molar-refractivity contribution in [2.24, 2.45) is 23.5 Å². The highest BCUT2D eigenvalue weighted by Crippen LogP contribution is 2.48. The molecule has 2 aliphatic carbocycles. The lowest BCUT2D eigenvalue weighted by Crippen LogP contribution is -2.45. The van der Waals surface area contributed by atoms with E-state index in [1.807, 2.05) is 0 Å². The highest BCUT2D eigenvalue weighted by molar-refractivity contribution is 5.85. The molecule has 2 aliphatic rings. The molecule has 0 aliphatic heterocycles. The van der Waals surface area contributed by atoms with Crippen LogP contribution in [0, 0.1) is 17.8 Å². The zero-order valence-electron chi connectivity index (χ0n) is 12.8. The third kappa shape index (κ3) is 3.61. The molecule has 0 spiro atoms. The van der Waals surface area contributed by atoms with Crippen molar-refractivity contribution in [1.29, 1.82) is 0 Å². The van der Waals surface area contributed by atoms with Gasteiger partial charge in [-0.2, -0.15) is 8.78 Å². The minimum atomic E-state index is -2.64. The number of amides is 1. The van der Waals surface area contributed by atoms with Gasteiger partial charge in [0.15, 0.2) is 0 Å². The summed E-state index contributed by atoms with van der Waals surface area (Å²) in [6, 6.07) is -0.0893. The largest absolute Gasteiger partial charge is 0.338 e. The van der Waals surface area contributed by atoms with Gasteiger partial charge in [-0.1, -0.05) is 0 Å². The van der Waals surface area contributed by atoms with E-state index in [-0.39, 0.29) is 55.1 Å². The molecule has 1 aromatic rings. The van der Waals surface area contributed by atoms with Gasteiger partial charge in [0.25, 0.3) is 0 Å². The Morgan fingerprint density at radius 1 is 1.43 bits per heavy atom. The van der Waals surface area contributed by atoms with Crippen LogP contribution in [0.25, 0.3) is 0 Å². The fourth-order valence-corrected chi connectivity index (χ4v) is 3.89. The predicted molar refractivity (Wildman–Crippen MR) is 86.7 cm³/mol. The van der Waals surface area contributed by atoms with Crippen molar-refractivity contribution >= 4 is 30.7 Å². The number of alkyl halides is 2. The number of imidazole rings is 1. The maximum Gasteiger partial charge on any atom is 0.319 e. The molecule has 0 radical (unpaired) electrons. The molecule has 0 saturated heterocycles. The maximum absolute atomic E-state index is 12.8. The number of fused-ring (bicyclic) bond motifs is 2. The summed E-state index contributed by atoms with van der Waals surface area (Å²) in [5, 5.41) is 0. The topological polar surface area (TPSA) is 64.2 Å². The minimum absolute atomic E-state index is 0. The Balaban J connectivity index is 0.00000132. The predicted octanol–water partition coefficient (Wildman–Crippen LogP) is 2.45. The van der Waals surface area contributed by atoms with Crippen LogP contribution in [0.4, 0.5) is 8.78 Å². The van der Waals surface area contributed by atoms with Gasteiger partial charge in [0.05, 0.1) is 12.5 Å². The van der Waals surface area contributed by atoms with E-state index >= 15 is 0 Å². The van der Waals surface area contributed by atoms with Crippen molar-refractivity contribution in [3.63, 3.8) is 0 Å². The normalized spacial score (nSPS) is 28.4. The zero-order chi connectivity index (χ0) is 15.1. The number of hydrogen-bond acceptors (Lipinski definition) is 3. The molecule has 9 heteroatoms. The fourth-order valence-electron chi connectivity index (χ4n) is 3.89. The molecule has 2 N–H and O–H groups in total. The quantitative estimate of drug-likeness (QED) is 0.885. The van der Waals surface area contributed by atoms with E-state index in [2.05, 4.69) is 4.98 Å². The molecule has 2 fully saturated rings. The van der Waals surface area contributed by atoms with Crippen molar-refractivity contribution < 1.29 is 13.6 Å². The Morgan fingerprint density at radius 3 is 2.65 bits per heavy atom. The van der Waals surface area contributed by atoms with Crippen LogP contribution in [0.3, 0.4) is 0 Å². The Labute approximate surface area is 146 Å². The van der Waals surface area contributed by atoms with Crippen LogP contribution < -0.4 is 5.73 Å². The second kappa shape index (κ2) is 7.77. The first kappa shape index (κ1) is 20.1. The highest BCUT2D eigenvalue weighted by atomic mass is 35.5. The standard InChI is InChI=1S/C14H20F2N4O.2ClH/c1-19(7-10-18-4-5-20(10)14(15)16)13(21)11-8-2-3-9(6-8)12(11)17;;/h4-5,8-9,11-12,14H,2-3,6-7,17H2,1H3;2*1H. The van der Waals surface area contributed by atoms with Crippen LogP contribution in [0.5, 0.6) is 0 Å². The number of halogens is 4. The molecule has 0 aromatic carbocycles. The maximum atomic E-state index is 12.8. The number of nitrogens with zero attached hydrogens (tertiary/aromatic N) is 3. The average molecular weight is 371 g/mol. The summed E-state index contributed by atoms with van der Waals surface area (Å²) >= 11 is 0. The van der Waals surface area contributed by atoms with Crippen molar-refractivity contribution in [1.82, 2.24) is 14.5 Å². The molecule has 1 aromatic heterocycles. The van der Waals surface area contributed by atoms with Gasteiger partial charge in [-0.3, -0.25) is 9.36 Å². The van der Waals surface area contributed by atoms with E-state index in [9.17, 15) is 13.6 Å². The summed E-state index contributed by atoms with van der Waals surface area (Å²) in [5.41, 5.74) is 6.17. The Bertz CT molecular complexity index is 541. The molecule has 23 heavy (non-hydrogen) atoms. The van der Waals surface area contributed by atoms with E-state index in [4.69, 9.17) is 5.73 Å². The lowest BCUT2D eigenvalue weighted by atomic mass is 9.84. The molecule has 4 atom stereocenters. The molecule has 1 heterocycles. The number of carbonyl (C=O) groups excluding carboxylic acids is 1. The Morgan fingerprint density at radius 2 is 2.09 bits per heavy atom. The summed E-state index contributed by atoms with van der Waals surface area (Å²) in [5.74, 6) is 0.787. The fraction of sp³-hybridized carbons (Fsp3) is 0.714. The SMILES string of the molecule is CN(Cc1nccn1C(F)F)C(=O)C1C2CCC(C2)C1N.Cl.Cl. The van der Waals surface area contributed by atoms with Gasteiger partial charge in [0, 0.05) is 25.5 Å². The molecule has 1 amide bonds. The lowest BCUT2D eigenvalue weighted by Gasteiger charge is -2.30. The number of carbonyl (C=O) groups is 1. The van der Waals surface area contributed by atoms with Crippen molar-refractivity contribution in [3.05, 3.63) is 18.2 Å². The van der Waals surface area contributed by atoms with E-state index in [0.717, 1.165) is 23.8 Å². The highest BCUT2D eigenvalue weighted by Gasteiger charge is 2.49. The van der Waals surface area contributed by atoms with Crippen LogP contribution in [-0.2, 0) is 11.3 Å². The summed E-state index contributed by atoms with van der Waals surface area (Å²) < 4.78 is 26.4. The van der Waals surface area contributed by atoms with Crippen LogP contribution in [0.1, 0.15) is 31.6 Å². The molecule has 2 bridgehead atoms. The summed E-state index contributed by atoms with van der Waals surface area (Å²) in [7, 11) is 1.63. The van der Waals surface area contributed by atoms with Crippen LogP contribution in [-0.4, -0.2) is 33.4 Å². The molecule has 132 valence electrons. The van der Waals surface area contributed by atoms with Gasteiger partial charge < -0.3 is 10.6 Å². The lowest BCUT2D eigenvalue weighted by molar-refractivity contribution is -0.137.